The highest BCUT2D eigenvalue weighted by atomic mass is 16.7. The number of methoxy groups -OCH3 is 1. The summed E-state index contributed by atoms with van der Waals surface area (Å²) in [5.74, 6) is -0.391. The van der Waals surface area contributed by atoms with Crippen molar-refractivity contribution in [2.75, 3.05) is 13.7 Å². The number of benzene rings is 2. The van der Waals surface area contributed by atoms with Crippen LogP contribution in [0, 0.1) is 0 Å². The van der Waals surface area contributed by atoms with E-state index in [2.05, 4.69) is 0 Å². The quantitative estimate of drug-likeness (QED) is 0.396. The van der Waals surface area contributed by atoms with Crippen molar-refractivity contribution in [2.45, 2.75) is 43.2 Å². The summed E-state index contributed by atoms with van der Waals surface area (Å²) in [5, 5.41) is 49.5. The van der Waals surface area contributed by atoms with E-state index in [1.165, 1.54) is 19.2 Å². The summed E-state index contributed by atoms with van der Waals surface area (Å²) in [6, 6.07) is 9.60. The molecule has 32 heavy (non-hydrogen) atoms. The molecule has 10 heteroatoms. The van der Waals surface area contributed by atoms with Gasteiger partial charge in [-0.3, -0.25) is 0 Å². The van der Waals surface area contributed by atoms with Crippen molar-refractivity contribution in [2.24, 2.45) is 0 Å². The summed E-state index contributed by atoms with van der Waals surface area (Å²) >= 11 is 0. The Balaban J connectivity index is 1.58. The van der Waals surface area contributed by atoms with Crippen LogP contribution in [0.15, 0.2) is 36.4 Å². The van der Waals surface area contributed by atoms with E-state index in [9.17, 15) is 30.3 Å². The molecule has 2 aliphatic heterocycles. The summed E-state index contributed by atoms with van der Waals surface area (Å²) in [7, 11) is 1.43. The molecule has 2 aliphatic rings. The lowest BCUT2D eigenvalue weighted by Gasteiger charge is -2.40. The zero-order valence-corrected chi connectivity index (χ0v) is 17.1. The Kier molecular flexibility index (Phi) is 6.22. The Bertz CT molecular complexity index is 991. The van der Waals surface area contributed by atoms with E-state index in [1.54, 1.807) is 24.3 Å². The number of carbonyl (C=O) groups excluding carboxylic acids is 1. The van der Waals surface area contributed by atoms with Gasteiger partial charge in [-0.25, -0.2) is 4.79 Å². The summed E-state index contributed by atoms with van der Waals surface area (Å²) in [4.78, 5) is 12.8. The van der Waals surface area contributed by atoms with Crippen molar-refractivity contribution in [3.05, 3.63) is 53.1 Å². The van der Waals surface area contributed by atoms with Crippen LogP contribution in [0.1, 0.15) is 27.6 Å². The number of aliphatic hydroxyl groups excluding tert-OH is 4. The van der Waals surface area contributed by atoms with Gasteiger partial charge in [-0.05, 0) is 29.3 Å². The molecule has 172 valence electrons. The minimum absolute atomic E-state index is 0.0628. The molecule has 0 saturated carbocycles. The molecule has 0 aromatic heterocycles. The molecule has 2 heterocycles. The second kappa shape index (κ2) is 8.93. The normalized spacial score (nSPS) is 29.7. The third kappa shape index (κ3) is 3.98. The van der Waals surface area contributed by atoms with Crippen LogP contribution in [0.4, 0.5) is 0 Å². The van der Waals surface area contributed by atoms with Gasteiger partial charge in [0.15, 0.2) is 11.5 Å². The highest BCUT2D eigenvalue weighted by molar-refractivity contribution is 5.95. The van der Waals surface area contributed by atoms with Gasteiger partial charge in [0, 0.05) is 6.42 Å². The van der Waals surface area contributed by atoms with Crippen LogP contribution in [0.5, 0.6) is 17.2 Å². The number of ether oxygens (including phenoxy) is 4. The lowest BCUT2D eigenvalue weighted by Crippen LogP contribution is -2.60. The van der Waals surface area contributed by atoms with E-state index < -0.39 is 49.4 Å². The SMILES string of the molecule is COc1ccc(C2Cc3cccc(OC4O[C@H](CO)[C@@H](O)[C@H](O)[C@H]4O)c3C(=O)O2)cc1O. The Morgan fingerprint density at radius 2 is 1.84 bits per heavy atom. The maximum absolute atomic E-state index is 12.8. The molecule has 2 aromatic rings. The zero-order valence-electron chi connectivity index (χ0n) is 17.1. The van der Waals surface area contributed by atoms with Gasteiger partial charge in [0.1, 0.15) is 41.8 Å². The van der Waals surface area contributed by atoms with Crippen molar-refractivity contribution in [1.29, 1.82) is 0 Å². The van der Waals surface area contributed by atoms with Gasteiger partial charge in [0.05, 0.1) is 13.7 Å². The highest BCUT2D eigenvalue weighted by Crippen LogP contribution is 2.38. The smallest absolute Gasteiger partial charge is 0.342 e. The molecule has 0 amide bonds. The fourth-order valence-electron chi connectivity index (χ4n) is 3.89. The number of fused-ring (bicyclic) bond motifs is 1. The van der Waals surface area contributed by atoms with Crippen LogP contribution < -0.4 is 9.47 Å². The van der Waals surface area contributed by atoms with Gasteiger partial charge >= 0.3 is 5.97 Å². The Hall–Kier alpha value is -2.89. The molecular weight excluding hydrogens is 424 g/mol. The minimum Gasteiger partial charge on any atom is -0.504 e. The third-order valence-electron chi connectivity index (χ3n) is 5.64. The predicted octanol–water partition coefficient (Wildman–Crippen LogP) is 0.0337. The summed E-state index contributed by atoms with van der Waals surface area (Å²) < 4.78 is 21.6. The zero-order chi connectivity index (χ0) is 23.0. The Morgan fingerprint density at radius 3 is 2.53 bits per heavy atom. The van der Waals surface area contributed by atoms with E-state index in [0.29, 0.717) is 23.3 Å². The monoisotopic (exact) mass is 448 g/mol. The van der Waals surface area contributed by atoms with Gasteiger partial charge in [0.25, 0.3) is 0 Å². The van der Waals surface area contributed by atoms with Gasteiger partial charge in [0.2, 0.25) is 6.29 Å². The van der Waals surface area contributed by atoms with Gasteiger partial charge < -0.3 is 44.5 Å². The number of esters is 1. The van der Waals surface area contributed by atoms with Crippen molar-refractivity contribution in [3.63, 3.8) is 0 Å². The third-order valence-corrected chi connectivity index (χ3v) is 5.64. The average Bonchev–Trinajstić information content (AvgIpc) is 2.79. The number of aromatic hydroxyl groups is 1. The summed E-state index contributed by atoms with van der Waals surface area (Å²) in [6.07, 6.45) is -7.65. The predicted molar refractivity (Wildman–Crippen MR) is 107 cm³/mol. The highest BCUT2D eigenvalue weighted by Gasteiger charge is 2.45. The fraction of sp³-hybridized carbons (Fsp3) is 0.409. The van der Waals surface area contributed by atoms with E-state index in [1.807, 2.05) is 0 Å². The number of aliphatic hydroxyl groups is 4. The molecule has 4 rings (SSSR count). The molecule has 1 fully saturated rings. The number of phenolic OH excluding ortho intramolecular Hbond substituents is 1. The standard InChI is InChI=1S/C22H24O10/c1-29-13-6-5-10(7-12(13)24)15-8-11-3-2-4-14(17(11)21(28)30-15)31-22-20(27)19(26)18(25)16(9-23)32-22/h2-7,15-16,18-20,22-27H,8-9H2,1H3/t15?,16-,18-,19+,20-,22?/m1/s1. The van der Waals surface area contributed by atoms with Crippen LogP contribution in [-0.2, 0) is 15.9 Å². The second-order valence-corrected chi connectivity index (χ2v) is 7.63. The van der Waals surface area contributed by atoms with Gasteiger partial charge in [-0.2, -0.15) is 0 Å². The first-order valence-corrected chi connectivity index (χ1v) is 10.0. The first kappa shape index (κ1) is 22.3. The van der Waals surface area contributed by atoms with Crippen molar-refractivity contribution >= 4 is 5.97 Å². The number of phenols is 1. The fourth-order valence-corrected chi connectivity index (χ4v) is 3.89. The molecule has 6 atom stereocenters. The molecule has 2 aromatic carbocycles. The first-order valence-electron chi connectivity index (χ1n) is 10.0. The maximum Gasteiger partial charge on any atom is 0.342 e. The van der Waals surface area contributed by atoms with Crippen molar-refractivity contribution in [3.8, 4) is 17.2 Å². The van der Waals surface area contributed by atoms with Crippen LogP contribution in [0.25, 0.3) is 0 Å². The molecule has 0 bridgehead atoms. The molecular formula is C22H24O10. The lowest BCUT2D eigenvalue weighted by atomic mass is 9.93. The number of rotatable bonds is 5. The Labute approximate surface area is 183 Å². The topological polar surface area (TPSA) is 155 Å². The number of hydrogen-bond donors (Lipinski definition) is 5. The summed E-state index contributed by atoms with van der Waals surface area (Å²) in [5.41, 5.74) is 1.34. The van der Waals surface area contributed by atoms with E-state index in [-0.39, 0.29) is 17.1 Å². The largest absolute Gasteiger partial charge is 0.504 e. The van der Waals surface area contributed by atoms with Crippen LogP contribution >= 0.6 is 0 Å². The Morgan fingerprint density at radius 1 is 1.06 bits per heavy atom. The van der Waals surface area contributed by atoms with Crippen molar-refractivity contribution in [1.82, 2.24) is 0 Å². The maximum atomic E-state index is 12.8. The minimum atomic E-state index is -1.61. The first-order chi connectivity index (χ1) is 15.3. The summed E-state index contributed by atoms with van der Waals surface area (Å²) in [6.45, 7) is -0.601. The number of hydrogen-bond acceptors (Lipinski definition) is 10. The lowest BCUT2D eigenvalue weighted by molar-refractivity contribution is -0.277. The van der Waals surface area contributed by atoms with E-state index in [0.717, 1.165) is 0 Å². The average molecular weight is 448 g/mol. The number of carbonyl (C=O) groups is 1. The number of cyclic esters (lactones) is 1. The van der Waals surface area contributed by atoms with Crippen LogP contribution in [0.2, 0.25) is 0 Å². The van der Waals surface area contributed by atoms with Crippen LogP contribution in [0.3, 0.4) is 0 Å². The molecule has 10 nitrogen and oxygen atoms in total. The molecule has 5 N–H and O–H groups in total. The molecule has 0 radical (unpaired) electrons. The molecule has 0 aliphatic carbocycles. The van der Waals surface area contributed by atoms with Crippen LogP contribution in [-0.4, -0.2) is 75.9 Å². The van der Waals surface area contributed by atoms with Gasteiger partial charge in [-0.15, -0.1) is 0 Å². The second-order valence-electron chi connectivity index (χ2n) is 7.63. The van der Waals surface area contributed by atoms with E-state index in [4.69, 9.17) is 18.9 Å². The van der Waals surface area contributed by atoms with Gasteiger partial charge in [-0.1, -0.05) is 18.2 Å². The molecule has 0 spiro atoms. The van der Waals surface area contributed by atoms with Crippen molar-refractivity contribution < 1.29 is 49.3 Å². The molecule has 1 saturated heterocycles. The van der Waals surface area contributed by atoms with E-state index >= 15 is 0 Å². The molecule has 2 unspecified atom stereocenters.